The third-order valence-corrected chi connectivity index (χ3v) is 4.99. The van der Waals surface area contributed by atoms with Gasteiger partial charge in [0.2, 0.25) is 0 Å². The highest BCUT2D eigenvalue weighted by molar-refractivity contribution is 6.09. The molecule has 0 aliphatic heterocycles. The number of phenolic OH excluding ortho intramolecular Hbond substituents is 4. The predicted molar refractivity (Wildman–Crippen MR) is 120 cm³/mol. The lowest BCUT2D eigenvalue weighted by Crippen LogP contribution is -2.06. The number of rotatable bonds is 9. The molecule has 0 saturated heterocycles. The Labute approximate surface area is 181 Å². The maximum atomic E-state index is 12.5. The molecule has 0 aromatic heterocycles. The number of benzene rings is 2. The maximum absolute atomic E-state index is 12.5. The van der Waals surface area contributed by atoms with Gasteiger partial charge >= 0.3 is 0 Å². The van der Waals surface area contributed by atoms with E-state index in [2.05, 4.69) is 6.58 Å². The summed E-state index contributed by atoms with van der Waals surface area (Å²) < 4.78 is 0. The van der Waals surface area contributed by atoms with Crippen molar-refractivity contribution in [3.8, 4) is 23.0 Å². The van der Waals surface area contributed by atoms with E-state index in [1.165, 1.54) is 42.5 Å². The monoisotopic (exact) mass is 424 g/mol. The minimum Gasteiger partial charge on any atom is -0.508 e. The summed E-state index contributed by atoms with van der Waals surface area (Å²) in [6.45, 7) is 7.38. The molecule has 0 spiro atoms. The number of aromatic hydroxyl groups is 4. The summed E-state index contributed by atoms with van der Waals surface area (Å²) in [5.74, 6) is -1.46. The number of allylic oxidation sites excluding steroid dienone is 3. The maximum Gasteiger partial charge on any atom is 0.189 e. The standard InChI is InChI=1S/C25H28O6/c1-15(2)20(26)10-5-16(3)4-8-18-22(28)13-9-19(25(18)31)21(27)11-6-17-7-12-23(29)24(30)14-17/h4,6-7,9,11-14,20,26,28-31H,1,5,8,10H2,2-3H3/b11-6+,16-4+/t20-/m1/s1. The topological polar surface area (TPSA) is 118 Å². The molecule has 0 aliphatic carbocycles. The van der Waals surface area contributed by atoms with Gasteiger partial charge in [-0.1, -0.05) is 35.9 Å². The van der Waals surface area contributed by atoms with Gasteiger partial charge in [-0.05, 0) is 69.0 Å². The number of ketones is 1. The van der Waals surface area contributed by atoms with Crippen LogP contribution in [-0.2, 0) is 6.42 Å². The first-order valence-corrected chi connectivity index (χ1v) is 9.87. The van der Waals surface area contributed by atoms with Crippen LogP contribution >= 0.6 is 0 Å². The number of aliphatic hydroxyl groups excluding tert-OH is 1. The van der Waals surface area contributed by atoms with Crippen LogP contribution in [0, 0.1) is 0 Å². The number of carbonyl (C=O) groups is 1. The van der Waals surface area contributed by atoms with Crippen molar-refractivity contribution in [2.75, 3.05) is 0 Å². The smallest absolute Gasteiger partial charge is 0.189 e. The largest absolute Gasteiger partial charge is 0.508 e. The second-order valence-corrected chi connectivity index (χ2v) is 7.56. The first-order valence-electron chi connectivity index (χ1n) is 9.87. The summed E-state index contributed by atoms with van der Waals surface area (Å²) in [4.78, 5) is 12.5. The Balaban J connectivity index is 2.16. The Morgan fingerprint density at radius 3 is 2.35 bits per heavy atom. The Kier molecular flexibility index (Phi) is 8.05. The van der Waals surface area contributed by atoms with E-state index in [1.54, 1.807) is 6.92 Å². The number of phenols is 4. The van der Waals surface area contributed by atoms with E-state index in [-0.39, 0.29) is 40.5 Å². The number of carbonyl (C=O) groups excluding carboxylic acids is 1. The average molecular weight is 424 g/mol. The molecule has 0 amide bonds. The fourth-order valence-electron chi connectivity index (χ4n) is 2.92. The van der Waals surface area contributed by atoms with Crippen LogP contribution in [0.15, 0.2) is 60.2 Å². The highest BCUT2D eigenvalue weighted by Gasteiger charge is 2.16. The van der Waals surface area contributed by atoms with Crippen LogP contribution in [0.2, 0.25) is 0 Å². The zero-order chi connectivity index (χ0) is 23.1. The van der Waals surface area contributed by atoms with Gasteiger partial charge in [-0.25, -0.2) is 0 Å². The van der Waals surface area contributed by atoms with Gasteiger partial charge < -0.3 is 25.5 Å². The van der Waals surface area contributed by atoms with E-state index in [0.717, 1.165) is 5.57 Å². The lowest BCUT2D eigenvalue weighted by atomic mass is 9.99. The van der Waals surface area contributed by atoms with E-state index < -0.39 is 11.9 Å². The van der Waals surface area contributed by atoms with Crippen LogP contribution < -0.4 is 0 Å². The lowest BCUT2D eigenvalue weighted by molar-refractivity contribution is 0.104. The SMILES string of the molecule is C=C(C)[C@H](O)CC/C(C)=C/Cc1c(O)ccc(C(=O)/C=C/c2ccc(O)c(O)c2)c1O. The van der Waals surface area contributed by atoms with Crippen LogP contribution in [0.4, 0.5) is 0 Å². The lowest BCUT2D eigenvalue weighted by Gasteiger charge is -2.11. The molecule has 0 fully saturated rings. The van der Waals surface area contributed by atoms with E-state index in [9.17, 15) is 30.3 Å². The highest BCUT2D eigenvalue weighted by Crippen LogP contribution is 2.32. The van der Waals surface area contributed by atoms with Crippen LogP contribution in [0.5, 0.6) is 23.0 Å². The Bertz CT molecular complexity index is 1030. The second-order valence-electron chi connectivity index (χ2n) is 7.56. The molecule has 0 unspecified atom stereocenters. The van der Waals surface area contributed by atoms with Crippen molar-refractivity contribution in [2.24, 2.45) is 0 Å². The molecule has 5 N–H and O–H groups in total. The molecule has 164 valence electrons. The Morgan fingerprint density at radius 2 is 1.71 bits per heavy atom. The average Bonchev–Trinajstić information content (AvgIpc) is 2.72. The van der Waals surface area contributed by atoms with Crippen LogP contribution in [0.3, 0.4) is 0 Å². The van der Waals surface area contributed by atoms with Gasteiger partial charge in [-0.3, -0.25) is 4.79 Å². The molecule has 6 nitrogen and oxygen atoms in total. The summed E-state index contributed by atoms with van der Waals surface area (Å²) >= 11 is 0. The molecule has 0 bridgehead atoms. The van der Waals surface area contributed by atoms with E-state index in [4.69, 9.17) is 0 Å². The summed E-state index contributed by atoms with van der Waals surface area (Å²) in [5.41, 5.74) is 2.45. The van der Waals surface area contributed by atoms with Gasteiger partial charge in [0.1, 0.15) is 11.5 Å². The van der Waals surface area contributed by atoms with Crippen LogP contribution in [0.1, 0.15) is 48.2 Å². The molecule has 0 heterocycles. The molecule has 2 aromatic carbocycles. The van der Waals surface area contributed by atoms with Gasteiger partial charge in [0.25, 0.3) is 0 Å². The molecule has 0 radical (unpaired) electrons. The first kappa shape index (κ1) is 23.8. The third-order valence-electron chi connectivity index (χ3n) is 4.99. The molecule has 0 aliphatic rings. The first-order chi connectivity index (χ1) is 14.6. The number of hydrogen-bond acceptors (Lipinski definition) is 6. The van der Waals surface area contributed by atoms with Gasteiger partial charge in [0, 0.05) is 5.56 Å². The zero-order valence-electron chi connectivity index (χ0n) is 17.7. The number of hydrogen-bond donors (Lipinski definition) is 5. The summed E-state index contributed by atoms with van der Waals surface area (Å²) in [6, 6.07) is 6.84. The molecular formula is C25H28O6. The fourth-order valence-corrected chi connectivity index (χ4v) is 2.92. The molecule has 31 heavy (non-hydrogen) atoms. The highest BCUT2D eigenvalue weighted by atomic mass is 16.3. The summed E-state index contributed by atoms with van der Waals surface area (Å²) in [7, 11) is 0. The quantitative estimate of drug-likeness (QED) is 0.174. The van der Waals surface area contributed by atoms with E-state index >= 15 is 0 Å². The van der Waals surface area contributed by atoms with Gasteiger partial charge in [-0.2, -0.15) is 0 Å². The minimum absolute atomic E-state index is 0.0378. The molecular weight excluding hydrogens is 396 g/mol. The normalized spacial score (nSPS) is 12.8. The number of aliphatic hydroxyl groups is 1. The van der Waals surface area contributed by atoms with Crippen molar-refractivity contribution in [3.63, 3.8) is 0 Å². The minimum atomic E-state index is -0.576. The fraction of sp³-hybridized carbons (Fsp3) is 0.240. The summed E-state index contributed by atoms with van der Waals surface area (Å²) in [5, 5.41) is 49.4. The molecule has 1 atom stereocenters. The third kappa shape index (κ3) is 6.49. The zero-order valence-corrected chi connectivity index (χ0v) is 17.7. The Hall–Kier alpha value is -3.51. The van der Waals surface area contributed by atoms with Gasteiger partial charge in [-0.15, -0.1) is 0 Å². The van der Waals surface area contributed by atoms with Crippen molar-refractivity contribution in [1.82, 2.24) is 0 Å². The van der Waals surface area contributed by atoms with Crippen molar-refractivity contribution in [1.29, 1.82) is 0 Å². The van der Waals surface area contributed by atoms with Crippen molar-refractivity contribution >= 4 is 11.9 Å². The molecule has 0 saturated carbocycles. The molecule has 2 rings (SSSR count). The van der Waals surface area contributed by atoms with Crippen molar-refractivity contribution in [3.05, 3.63) is 76.9 Å². The Morgan fingerprint density at radius 1 is 1.03 bits per heavy atom. The van der Waals surface area contributed by atoms with E-state index in [0.29, 0.717) is 24.0 Å². The summed E-state index contributed by atoms with van der Waals surface area (Å²) in [6.07, 6.45) is 5.34. The van der Waals surface area contributed by atoms with Crippen LogP contribution in [-0.4, -0.2) is 37.4 Å². The predicted octanol–water partition coefficient (Wildman–Crippen LogP) is 4.61. The van der Waals surface area contributed by atoms with Crippen molar-refractivity contribution in [2.45, 2.75) is 39.2 Å². The van der Waals surface area contributed by atoms with Gasteiger partial charge in [0.05, 0.1) is 11.7 Å². The second kappa shape index (κ2) is 10.5. The van der Waals surface area contributed by atoms with Crippen molar-refractivity contribution < 1.29 is 30.3 Å². The molecule has 2 aromatic rings. The van der Waals surface area contributed by atoms with Crippen LogP contribution in [0.25, 0.3) is 6.08 Å². The van der Waals surface area contributed by atoms with E-state index in [1.807, 2.05) is 13.0 Å². The molecule has 6 heteroatoms. The van der Waals surface area contributed by atoms with Gasteiger partial charge in [0.15, 0.2) is 17.3 Å².